The molecule has 1 saturated heterocycles. The van der Waals surface area contributed by atoms with Gasteiger partial charge in [-0.25, -0.2) is 0 Å². The molecular formula is C16H28N2O3. The fourth-order valence-corrected chi connectivity index (χ4v) is 3.48. The Kier molecular flexibility index (Phi) is 4.91. The Morgan fingerprint density at radius 3 is 2.43 bits per heavy atom. The molecule has 2 rings (SSSR count). The van der Waals surface area contributed by atoms with E-state index in [0.717, 1.165) is 38.6 Å². The highest BCUT2D eigenvalue weighted by molar-refractivity contribution is 5.86. The predicted octanol–water partition coefficient (Wildman–Crippen LogP) is 1.92. The standard InChI is InChI=1S/C16H28N2O3/c1-12-5-8-16(9-6-12,14(20)21)11-17-13(19)15(2)7-3-4-10-18-15/h12,18H,3-11H2,1-2H3,(H,17,19)(H,20,21). The van der Waals surface area contributed by atoms with E-state index in [9.17, 15) is 14.7 Å². The SMILES string of the molecule is CC1CCC(CNC(=O)C2(C)CCCCN2)(C(=O)O)CC1. The number of rotatable bonds is 4. The maximum absolute atomic E-state index is 12.4. The van der Waals surface area contributed by atoms with E-state index in [1.807, 2.05) is 6.92 Å². The summed E-state index contributed by atoms with van der Waals surface area (Å²) in [7, 11) is 0. The number of carbonyl (C=O) groups is 2. The van der Waals surface area contributed by atoms with E-state index in [2.05, 4.69) is 17.6 Å². The normalized spacial score (nSPS) is 37.0. The summed E-state index contributed by atoms with van der Waals surface area (Å²) in [6, 6.07) is 0. The molecule has 1 unspecified atom stereocenters. The number of hydrogen-bond acceptors (Lipinski definition) is 3. The first-order valence-electron chi connectivity index (χ1n) is 8.15. The Bertz CT molecular complexity index is 394. The molecule has 2 aliphatic rings. The first-order chi connectivity index (χ1) is 9.88. The predicted molar refractivity (Wildman–Crippen MR) is 81.0 cm³/mol. The number of aliphatic carboxylic acids is 1. The van der Waals surface area contributed by atoms with E-state index in [1.54, 1.807) is 0 Å². The summed E-state index contributed by atoms with van der Waals surface area (Å²) in [4.78, 5) is 24.1. The summed E-state index contributed by atoms with van der Waals surface area (Å²) in [6.07, 6.45) is 6.13. The van der Waals surface area contributed by atoms with Crippen molar-refractivity contribution in [1.29, 1.82) is 0 Å². The van der Waals surface area contributed by atoms with E-state index in [-0.39, 0.29) is 12.5 Å². The van der Waals surface area contributed by atoms with Gasteiger partial charge in [0, 0.05) is 6.54 Å². The lowest BCUT2D eigenvalue weighted by atomic mass is 9.70. The topological polar surface area (TPSA) is 78.4 Å². The minimum atomic E-state index is -0.771. The highest BCUT2D eigenvalue weighted by Crippen LogP contribution is 2.38. The van der Waals surface area contributed by atoms with Crippen molar-refractivity contribution in [3.63, 3.8) is 0 Å². The van der Waals surface area contributed by atoms with Crippen LogP contribution >= 0.6 is 0 Å². The van der Waals surface area contributed by atoms with Gasteiger partial charge in [0.05, 0.1) is 11.0 Å². The van der Waals surface area contributed by atoms with E-state index in [1.165, 1.54) is 0 Å². The third kappa shape index (κ3) is 3.57. The van der Waals surface area contributed by atoms with Gasteiger partial charge in [0.15, 0.2) is 0 Å². The fourth-order valence-electron chi connectivity index (χ4n) is 3.48. The molecule has 0 aromatic rings. The number of piperidine rings is 1. The lowest BCUT2D eigenvalue weighted by Crippen LogP contribution is -2.58. The molecule has 0 aromatic heterocycles. The molecule has 5 heteroatoms. The van der Waals surface area contributed by atoms with E-state index in [4.69, 9.17) is 0 Å². The van der Waals surface area contributed by atoms with Crippen LogP contribution < -0.4 is 10.6 Å². The molecule has 120 valence electrons. The number of nitrogens with one attached hydrogen (secondary N) is 2. The number of hydrogen-bond donors (Lipinski definition) is 3. The summed E-state index contributed by atoms with van der Waals surface area (Å²) in [6.45, 7) is 5.19. The Hall–Kier alpha value is -1.10. The third-order valence-corrected chi connectivity index (χ3v) is 5.39. The van der Waals surface area contributed by atoms with Gasteiger partial charge in [-0.3, -0.25) is 9.59 Å². The Morgan fingerprint density at radius 1 is 1.24 bits per heavy atom. The van der Waals surface area contributed by atoms with Crippen molar-refractivity contribution < 1.29 is 14.7 Å². The molecule has 5 nitrogen and oxygen atoms in total. The molecule has 0 spiro atoms. The number of carbonyl (C=O) groups excluding carboxylic acids is 1. The summed E-state index contributed by atoms with van der Waals surface area (Å²) >= 11 is 0. The van der Waals surface area contributed by atoms with E-state index < -0.39 is 16.9 Å². The Morgan fingerprint density at radius 2 is 1.90 bits per heavy atom. The van der Waals surface area contributed by atoms with Crippen molar-refractivity contribution in [1.82, 2.24) is 10.6 Å². The maximum Gasteiger partial charge on any atom is 0.311 e. The van der Waals surface area contributed by atoms with Gasteiger partial charge in [0.1, 0.15) is 0 Å². The van der Waals surface area contributed by atoms with Crippen molar-refractivity contribution in [3.8, 4) is 0 Å². The summed E-state index contributed by atoms with van der Waals surface area (Å²) in [5, 5.41) is 15.8. The molecule has 2 fully saturated rings. The van der Waals surface area contributed by atoms with Crippen LogP contribution in [0.2, 0.25) is 0 Å². The molecular weight excluding hydrogens is 268 g/mol. The van der Waals surface area contributed by atoms with Gasteiger partial charge in [0.25, 0.3) is 0 Å². The quantitative estimate of drug-likeness (QED) is 0.740. The van der Waals surface area contributed by atoms with Crippen molar-refractivity contribution in [2.75, 3.05) is 13.1 Å². The Balaban J connectivity index is 1.96. The van der Waals surface area contributed by atoms with Crippen LogP contribution in [0.1, 0.15) is 58.8 Å². The minimum absolute atomic E-state index is 0.0542. The molecule has 0 bridgehead atoms. The summed E-state index contributed by atoms with van der Waals surface area (Å²) < 4.78 is 0. The lowest BCUT2D eigenvalue weighted by Gasteiger charge is -2.38. The van der Waals surface area contributed by atoms with Crippen molar-refractivity contribution in [3.05, 3.63) is 0 Å². The average Bonchev–Trinajstić information content (AvgIpc) is 2.47. The highest BCUT2D eigenvalue weighted by atomic mass is 16.4. The molecule has 1 amide bonds. The highest BCUT2D eigenvalue weighted by Gasteiger charge is 2.43. The van der Waals surface area contributed by atoms with Crippen LogP contribution in [0.25, 0.3) is 0 Å². The van der Waals surface area contributed by atoms with Gasteiger partial charge in [-0.2, -0.15) is 0 Å². The summed E-state index contributed by atoms with van der Waals surface area (Å²) in [5.74, 6) is -0.233. The average molecular weight is 296 g/mol. The molecule has 1 saturated carbocycles. The van der Waals surface area contributed by atoms with Crippen molar-refractivity contribution in [2.24, 2.45) is 11.3 Å². The van der Waals surface area contributed by atoms with Crippen LogP contribution in [-0.2, 0) is 9.59 Å². The smallest absolute Gasteiger partial charge is 0.311 e. The van der Waals surface area contributed by atoms with Gasteiger partial charge in [-0.05, 0) is 64.3 Å². The van der Waals surface area contributed by atoms with E-state index >= 15 is 0 Å². The van der Waals surface area contributed by atoms with Crippen LogP contribution in [0.3, 0.4) is 0 Å². The Labute approximate surface area is 126 Å². The number of carboxylic acids is 1. The van der Waals surface area contributed by atoms with Crippen LogP contribution in [-0.4, -0.2) is 35.6 Å². The first-order valence-corrected chi connectivity index (χ1v) is 8.15. The first kappa shape index (κ1) is 16.3. The van der Waals surface area contributed by atoms with Gasteiger partial charge in [-0.15, -0.1) is 0 Å². The van der Waals surface area contributed by atoms with Crippen LogP contribution in [0, 0.1) is 11.3 Å². The van der Waals surface area contributed by atoms with Gasteiger partial charge in [0.2, 0.25) is 5.91 Å². The molecule has 21 heavy (non-hydrogen) atoms. The van der Waals surface area contributed by atoms with Crippen molar-refractivity contribution in [2.45, 2.75) is 64.3 Å². The van der Waals surface area contributed by atoms with Crippen LogP contribution in [0.4, 0.5) is 0 Å². The zero-order valence-corrected chi connectivity index (χ0v) is 13.2. The third-order valence-electron chi connectivity index (χ3n) is 5.39. The minimum Gasteiger partial charge on any atom is -0.481 e. The second-order valence-electron chi connectivity index (χ2n) is 7.17. The molecule has 1 heterocycles. The zero-order chi connectivity index (χ0) is 15.5. The second kappa shape index (κ2) is 6.34. The lowest BCUT2D eigenvalue weighted by molar-refractivity contribution is -0.151. The zero-order valence-electron chi connectivity index (χ0n) is 13.2. The van der Waals surface area contributed by atoms with Gasteiger partial charge < -0.3 is 15.7 Å². The van der Waals surface area contributed by atoms with Crippen LogP contribution in [0.5, 0.6) is 0 Å². The van der Waals surface area contributed by atoms with Crippen molar-refractivity contribution >= 4 is 11.9 Å². The molecule has 0 radical (unpaired) electrons. The van der Waals surface area contributed by atoms with Gasteiger partial charge in [-0.1, -0.05) is 6.92 Å². The van der Waals surface area contributed by atoms with E-state index in [0.29, 0.717) is 18.8 Å². The molecule has 0 aromatic carbocycles. The fraction of sp³-hybridized carbons (Fsp3) is 0.875. The molecule has 3 N–H and O–H groups in total. The van der Waals surface area contributed by atoms with Gasteiger partial charge >= 0.3 is 5.97 Å². The number of amides is 1. The molecule has 1 atom stereocenters. The van der Waals surface area contributed by atoms with Crippen LogP contribution in [0.15, 0.2) is 0 Å². The number of carboxylic acid groups (broad SMARTS) is 1. The second-order valence-corrected chi connectivity index (χ2v) is 7.17. The largest absolute Gasteiger partial charge is 0.481 e. The monoisotopic (exact) mass is 296 g/mol. The summed E-state index contributed by atoms with van der Waals surface area (Å²) in [5.41, 5.74) is -1.31. The molecule has 1 aliphatic heterocycles. The molecule has 1 aliphatic carbocycles. The maximum atomic E-state index is 12.4.